The second-order valence-electron chi connectivity index (χ2n) is 4.47. The van der Waals surface area contributed by atoms with E-state index in [0.29, 0.717) is 0 Å². The molecule has 0 radical (unpaired) electrons. The third kappa shape index (κ3) is 3.40. The van der Waals surface area contributed by atoms with Crippen LogP contribution in [-0.4, -0.2) is 18.6 Å². The molecule has 0 aromatic heterocycles. The van der Waals surface area contributed by atoms with E-state index < -0.39 is 11.5 Å². The minimum atomic E-state index is -1.08. The first-order chi connectivity index (χ1) is 8.37. The topological polar surface area (TPSA) is 52.3 Å². The summed E-state index contributed by atoms with van der Waals surface area (Å²) in [5.41, 5.74) is 5.69. The van der Waals surface area contributed by atoms with E-state index in [4.69, 9.17) is 5.73 Å². The van der Waals surface area contributed by atoms with E-state index >= 15 is 0 Å². The van der Waals surface area contributed by atoms with Gasteiger partial charge < -0.3 is 10.5 Å². The molecule has 0 heterocycles. The van der Waals surface area contributed by atoms with Crippen molar-refractivity contribution in [2.75, 3.05) is 7.11 Å². The maximum absolute atomic E-state index is 12.7. The molecule has 1 aromatic rings. The Bertz CT molecular complexity index is 438. The third-order valence-electron chi connectivity index (χ3n) is 3.02. The first-order valence-electron chi connectivity index (χ1n) is 5.69. The second-order valence-corrected chi connectivity index (χ2v) is 4.47. The number of methoxy groups -OCH3 is 1. The number of nitrogens with two attached hydrogens (primary N) is 1. The average molecular weight is 251 g/mol. The van der Waals surface area contributed by atoms with E-state index in [1.165, 1.54) is 19.2 Å². The summed E-state index contributed by atoms with van der Waals surface area (Å²) < 4.78 is 17.4. The smallest absolute Gasteiger partial charge is 0.326 e. The van der Waals surface area contributed by atoms with Crippen LogP contribution in [0.1, 0.15) is 19.4 Å². The molecule has 4 heteroatoms. The fourth-order valence-electron chi connectivity index (χ4n) is 1.44. The summed E-state index contributed by atoms with van der Waals surface area (Å²) in [5, 5.41) is 0. The van der Waals surface area contributed by atoms with Crippen molar-refractivity contribution in [1.29, 1.82) is 0 Å². The van der Waals surface area contributed by atoms with Crippen molar-refractivity contribution in [3.8, 4) is 0 Å². The predicted molar refractivity (Wildman–Crippen MR) is 69.2 cm³/mol. The molecule has 0 bridgehead atoms. The van der Waals surface area contributed by atoms with Crippen LogP contribution >= 0.6 is 0 Å². The lowest BCUT2D eigenvalue weighted by Gasteiger charge is -2.26. The van der Waals surface area contributed by atoms with Crippen molar-refractivity contribution in [2.45, 2.75) is 19.4 Å². The van der Waals surface area contributed by atoms with Gasteiger partial charge in [-0.3, -0.25) is 4.79 Å². The maximum atomic E-state index is 12.7. The van der Waals surface area contributed by atoms with Crippen LogP contribution in [0.5, 0.6) is 0 Å². The zero-order chi connectivity index (χ0) is 13.8. The molecule has 2 atom stereocenters. The van der Waals surface area contributed by atoms with Gasteiger partial charge in [0.15, 0.2) is 0 Å². The van der Waals surface area contributed by atoms with Crippen LogP contribution in [0.4, 0.5) is 4.39 Å². The van der Waals surface area contributed by atoms with E-state index in [1.54, 1.807) is 25.1 Å². The van der Waals surface area contributed by atoms with Gasteiger partial charge in [-0.05, 0) is 24.6 Å². The van der Waals surface area contributed by atoms with Gasteiger partial charge in [-0.1, -0.05) is 31.2 Å². The van der Waals surface area contributed by atoms with Gasteiger partial charge >= 0.3 is 5.97 Å². The summed E-state index contributed by atoms with van der Waals surface area (Å²) in [7, 11) is 1.31. The molecule has 0 aliphatic heterocycles. The van der Waals surface area contributed by atoms with Crippen molar-refractivity contribution < 1.29 is 13.9 Å². The van der Waals surface area contributed by atoms with Crippen LogP contribution in [0, 0.1) is 11.7 Å². The van der Waals surface area contributed by atoms with Crippen LogP contribution in [0.25, 0.3) is 6.08 Å². The molecule has 0 unspecified atom stereocenters. The number of rotatable bonds is 4. The van der Waals surface area contributed by atoms with Gasteiger partial charge in [0.25, 0.3) is 0 Å². The number of halogens is 1. The molecule has 0 aliphatic carbocycles. The van der Waals surface area contributed by atoms with Crippen molar-refractivity contribution >= 4 is 12.0 Å². The lowest BCUT2D eigenvalue weighted by Crippen LogP contribution is -2.50. The van der Waals surface area contributed by atoms with Crippen molar-refractivity contribution in [2.24, 2.45) is 11.7 Å². The zero-order valence-corrected chi connectivity index (χ0v) is 10.8. The molecule has 18 heavy (non-hydrogen) atoms. The van der Waals surface area contributed by atoms with Crippen LogP contribution in [0.3, 0.4) is 0 Å². The lowest BCUT2D eigenvalue weighted by atomic mass is 9.87. The van der Waals surface area contributed by atoms with E-state index in [2.05, 4.69) is 4.74 Å². The summed E-state index contributed by atoms with van der Waals surface area (Å²) in [6.07, 6.45) is 3.61. The number of benzene rings is 1. The van der Waals surface area contributed by atoms with Crippen molar-refractivity contribution in [1.82, 2.24) is 0 Å². The highest BCUT2D eigenvalue weighted by molar-refractivity contribution is 5.80. The van der Waals surface area contributed by atoms with Crippen LogP contribution in [0.15, 0.2) is 30.3 Å². The number of hydrogen-bond acceptors (Lipinski definition) is 3. The third-order valence-corrected chi connectivity index (χ3v) is 3.02. The van der Waals surface area contributed by atoms with E-state index in [-0.39, 0.29) is 11.7 Å². The molecular formula is C14H18FNO2. The van der Waals surface area contributed by atoms with Gasteiger partial charge in [-0.2, -0.15) is 0 Å². The normalized spacial score (nSPS) is 16.3. The Hall–Kier alpha value is -1.68. The molecule has 0 saturated carbocycles. The predicted octanol–water partition coefficient (Wildman–Crippen LogP) is 2.37. The molecule has 0 spiro atoms. The number of carbonyl (C=O) groups excluding carboxylic acids is 1. The number of esters is 1. The number of hydrogen-bond donors (Lipinski definition) is 1. The standard InChI is InChI=1S/C14H18FNO2/c1-10(14(2,16)13(17)18-3)4-5-11-6-8-12(15)9-7-11/h4-10H,16H2,1-3H3/b5-4+/t10-,14+/m1/s1. The fourth-order valence-corrected chi connectivity index (χ4v) is 1.44. The van der Waals surface area contributed by atoms with Crippen LogP contribution in [-0.2, 0) is 9.53 Å². The monoisotopic (exact) mass is 251 g/mol. The Morgan fingerprint density at radius 1 is 1.44 bits per heavy atom. The Labute approximate surface area is 106 Å². The number of ether oxygens (including phenoxy) is 1. The molecule has 2 N–H and O–H groups in total. The lowest BCUT2D eigenvalue weighted by molar-refractivity contribution is -0.147. The molecule has 0 aliphatic rings. The summed E-state index contributed by atoms with van der Waals surface area (Å²) in [4.78, 5) is 11.5. The van der Waals surface area contributed by atoms with Gasteiger partial charge in [0.2, 0.25) is 0 Å². The summed E-state index contributed by atoms with van der Waals surface area (Å²) in [6, 6.07) is 6.08. The molecule has 98 valence electrons. The van der Waals surface area contributed by atoms with Crippen molar-refractivity contribution in [3.63, 3.8) is 0 Å². The molecular weight excluding hydrogens is 233 g/mol. The van der Waals surface area contributed by atoms with E-state index in [0.717, 1.165) is 5.56 Å². The van der Waals surface area contributed by atoms with Crippen molar-refractivity contribution in [3.05, 3.63) is 41.7 Å². The molecule has 3 nitrogen and oxygen atoms in total. The van der Waals surface area contributed by atoms with Gasteiger partial charge in [0.05, 0.1) is 7.11 Å². The molecule has 0 saturated heterocycles. The summed E-state index contributed by atoms with van der Waals surface area (Å²) in [6.45, 7) is 3.45. The largest absolute Gasteiger partial charge is 0.468 e. The Kier molecular flexibility index (Phi) is 4.62. The van der Waals surface area contributed by atoms with Gasteiger partial charge in [-0.15, -0.1) is 0 Å². The van der Waals surface area contributed by atoms with Crippen LogP contribution in [0.2, 0.25) is 0 Å². The zero-order valence-electron chi connectivity index (χ0n) is 10.8. The first kappa shape index (κ1) is 14.4. The Morgan fingerprint density at radius 2 is 2.00 bits per heavy atom. The fraction of sp³-hybridized carbons (Fsp3) is 0.357. The average Bonchev–Trinajstić information content (AvgIpc) is 2.36. The SMILES string of the molecule is COC(=O)[C@@](C)(N)[C@H](C)/C=C/c1ccc(F)cc1. The molecule has 1 rings (SSSR count). The van der Waals surface area contributed by atoms with Crippen LogP contribution < -0.4 is 5.73 Å². The second kappa shape index (κ2) is 5.78. The Morgan fingerprint density at radius 3 is 2.50 bits per heavy atom. The molecule has 0 amide bonds. The Balaban J connectivity index is 2.78. The maximum Gasteiger partial charge on any atom is 0.326 e. The number of carbonyl (C=O) groups is 1. The van der Waals surface area contributed by atoms with E-state index in [9.17, 15) is 9.18 Å². The highest BCUT2D eigenvalue weighted by Gasteiger charge is 2.34. The van der Waals surface area contributed by atoms with Gasteiger partial charge in [0.1, 0.15) is 11.4 Å². The minimum absolute atomic E-state index is 0.199. The summed E-state index contributed by atoms with van der Waals surface area (Å²) in [5.74, 6) is -0.938. The summed E-state index contributed by atoms with van der Waals surface area (Å²) >= 11 is 0. The van der Waals surface area contributed by atoms with E-state index in [1.807, 2.05) is 13.0 Å². The molecule has 0 fully saturated rings. The van der Waals surface area contributed by atoms with Gasteiger partial charge in [-0.25, -0.2) is 4.39 Å². The van der Waals surface area contributed by atoms with Gasteiger partial charge in [0, 0.05) is 5.92 Å². The minimum Gasteiger partial charge on any atom is -0.468 e. The molecule has 1 aromatic carbocycles. The highest BCUT2D eigenvalue weighted by atomic mass is 19.1. The first-order valence-corrected chi connectivity index (χ1v) is 5.69. The quantitative estimate of drug-likeness (QED) is 0.836. The highest BCUT2D eigenvalue weighted by Crippen LogP contribution is 2.18.